The summed E-state index contributed by atoms with van der Waals surface area (Å²) in [5, 5.41) is 9.63. The SMILES string of the molecule is N#CC1(Cc2ccccc2Br)CC2CCC1C2. The monoisotopic (exact) mass is 289 g/mol. The molecule has 3 rings (SSSR count). The van der Waals surface area contributed by atoms with Crippen LogP contribution in [0.5, 0.6) is 0 Å². The van der Waals surface area contributed by atoms with E-state index < -0.39 is 0 Å². The highest BCUT2D eigenvalue weighted by molar-refractivity contribution is 9.10. The molecule has 2 aliphatic rings. The average molecular weight is 290 g/mol. The van der Waals surface area contributed by atoms with Crippen LogP contribution in [-0.2, 0) is 6.42 Å². The van der Waals surface area contributed by atoms with Crippen LogP contribution < -0.4 is 0 Å². The van der Waals surface area contributed by atoms with Crippen LogP contribution >= 0.6 is 15.9 Å². The van der Waals surface area contributed by atoms with E-state index in [1.54, 1.807) is 0 Å². The summed E-state index contributed by atoms with van der Waals surface area (Å²) < 4.78 is 1.15. The van der Waals surface area contributed by atoms with Crippen LogP contribution in [0.3, 0.4) is 0 Å². The topological polar surface area (TPSA) is 23.8 Å². The Morgan fingerprint density at radius 1 is 1.35 bits per heavy atom. The molecule has 0 spiro atoms. The molecule has 0 amide bonds. The zero-order valence-electron chi connectivity index (χ0n) is 9.82. The predicted octanol–water partition coefficient (Wildman–Crippen LogP) is 4.32. The standard InChI is InChI=1S/C15H16BrN/c16-14-4-2-1-3-12(14)9-15(10-17)8-11-5-6-13(15)7-11/h1-4,11,13H,5-9H2. The van der Waals surface area contributed by atoms with Crippen LogP contribution in [0, 0.1) is 28.6 Å². The van der Waals surface area contributed by atoms with Gasteiger partial charge in [-0.2, -0.15) is 5.26 Å². The minimum absolute atomic E-state index is 0.0766. The maximum absolute atomic E-state index is 9.63. The predicted molar refractivity (Wildman–Crippen MR) is 71.3 cm³/mol. The third-order valence-electron chi connectivity index (χ3n) is 4.66. The van der Waals surface area contributed by atoms with E-state index >= 15 is 0 Å². The summed E-state index contributed by atoms with van der Waals surface area (Å²) in [6, 6.07) is 11.0. The highest BCUT2D eigenvalue weighted by atomic mass is 79.9. The summed E-state index contributed by atoms with van der Waals surface area (Å²) in [6.45, 7) is 0. The summed E-state index contributed by atoms with van der Waals surface area (Å²) in [4.78, 5) is 0. The molecule has 1 aromatic carbocycles. The Morgan fingerprint density at radius 3 is 2.76 bits per heavy atom. The highest BCUT2D eigenvalue weighted by Gasteiger charge is 2.51. The molecular weight excluding hydrogens is 274 g/mol. The minimum Gasteiger partial charge on any atom is -0.198 e. The van der Waals surface area contributed by atoms with Crippen LogP contribution in [0.4, 0.5) is 0 Å². The van der Waals surface area contributed by atoms with Crippen molar-refractivity contribution < 1.29 is 0 Å². The van der Waals surface area contributed by atoms with Gasteiger partial charge in [-0.3, -0.25) is 0 Å². The molecule has 88 valence electrons. The lowest BCUT2D eigenvalue weighted by Gasteiger charge is -2.31. The lowest BCUT2D eigenvalue weighted by molar-refractivity contribution is 0.239. The molecule has 1 nitrogen and oxygen atoms in total. The molecule has 0 aromatic heterocycles. The van der Waals surface area contributed by atoms with Crippen molar-refractivity contribution >= 4 is 15.9 Å². The van der Waals surface area contributed by atoms with Crippen molar-refractivity contribution in [2.75, 3.05) is 0 Å². The van der Waals surface area contributed by atoms with Crippen LogP contribution in [0.25, 0.3) is 0 Å². The molecule has 1 aromatic rings. The first-order valence-electron chi connectivity index (χ1n) is 6.38. The van der Waals surface area contributed by atoms with Crippen molar-refractivity contribution in [3.05, 3.63) is 34.3 Å². The summed E-state index contributed by atoms with van der Waals surface area (Å²) in [6.07, 6.45) is 5.95. The number of benzene rings is 1. The number of rotatable bonds is 2. The van der Waals surface area contributed by atoms with E-state index in [4.69, 9.17) is 0 Å². The van der Waals surface area contributed by atoms with Crippen molar-refractivity contribution in [2.45, 2.75) is 32.1 Å². The van der Waals surface area contributed by atoms with Crippen molar-refractivity contribution in [3.63, 3.8) is 0 Å². The van der Waals surface area contributed by atoms with E-state index in [-0.39, 0.29) is 5.41 Å². The number of fused-ring (bicyclic) bond motifs is 2. The van der Waals surface area contributed by atoms with Gasteiger partial charge in [0.1, 0.15) is 0 Å². The highest BCUT2D eigenvalue weighted by Crippen LogP contribution is 2.57. The fraction of sp³-hybridized carbons (Fsp3) is 0.533. The molecule has 2 bridgehead atoms. The molecule has 0 N–H and O–H groups in total. The van der Waals surface area contributed by atoms with E-state index in [9.17, 15) is 5.26 Å². The van der Waals surface area contributed by atoms with Gasteiger partial charge in [0.2, 0.25) is 0 Å². The second kappa shape index (κ2) is 4.14. The van der Waals surface area contributed by atoms with Gasteiger partial charge in [0, 0.05) is 4.47 Å². The fourth-order valence-electron chi connectivity index (χ4n) is 3.82. The Bertz CT molecular complexity index is 476. The first-order chi connectivity index (χ1) is 8.23. The van der Waals surface area contributed by atoms with Gasteiger partial charge in [-0.05, 0) is 49.1 Å². The van der Waals surface area contributed by atoms with Crippen molar-refractivity contribution in [1.82, 2.24) is 0 Å². The summed E-state index contributed by atoms with van der Waals surface area (Å²) in [7, 11) is 0. The number of halogens is 1. The maximum atomic E-state index is 9.63. The van der Waals surface area contributed by atoms with Gasteiger partial charge >= 0.3 is 0 Å². The van der Waals surface area contributed by atoms with Gasteiger partial charge in [-0.1, -0.05) is 40.5 Å². The molecule has 0 heterocycles. The smallest absolute Gasteiger partial charge is 0.0696 e. The molecule has 3 unspecified atom stereocenters. The van der Waals surface area contributed by atoms with Gasteiger partial charge in [0.05, 0.1) is 11.5 Å². The van der Waals surface area contributed by atoms with Crippen LogP contribution in [0.2, 0.25) is 0 Å². The number of nitriles is 1. The van der Waals surface area contributed by atoms with E-state index in [0.29, 0.717) is 5.92 Å². The number of hydrogen-bond donors (Lipinski definition) is 0. The molecule has 2 saturated carbocycles. The van der Waals surface area contributed by atoms with E-state index in [2.05, 4.69) is 40.2 Å². The lowest BCUT2D eigenvalue weighted by atomic mass is 9.70. The lowest BCUT2D eigenvalue weighted by Crippen LogP contribution is -2.28. The largest absolute Gasteiger partial charge is 0.198 e. The second-order valence-electron chi connectivity index (χ2n) is 5.62. The molecular formula is C15H16BrN. The molecule has 2 fully saturated rings. The average Bonchev–Trinajstić information content (AvgIpc) is 2.93. The molecule has 0 aliphatic heterocycles. The first-order valence-corrected chi connectivity index (χ1v) is 7.17. The van der Waals surface area contributed by atoms with Gasteiger partial charge < -0.3 is 0 Å². The summed E-state index contributed by atoms with van der Waals surface area (Å²) >= 11 is 3.60. The molecule has 17 heavy (non-hydrogen) atoms. The Labute approximate surface area is 111 Å². The number of nitrogens with zero attached hydrogens (tertiary/aromatic N) is 1. The third-order valence-corrected chi connectivity index (χ3v) is 5.44. The Morgan fingerprint density at radius 2 is 2.18 bits per heavy atom. The molecule has 0 saturated heterocycles. The van der Waals surface area contributed by atoms with Crippen LogP contribution in [-0.4, -0.2) is 0 Å². The summed E-state index contributed by atoms with van der Waals surface area (Å²) in [5.41, 5.74) is 1.22. The zero-order valence-corrected chi connectivity index (χ0v) is 11.4. The van der Waals surface area contributed by atoms with Crippen LogP contribution in [0.1, 0.15) is 31.2 Å². The molecule has 0 radical (unpaired) electrons. The van der Waals surface area contributed by atoms with Gasteiger partial charge in [-0.25, -0.2) is 0 Å². The molecule has 2 aliphatic carbocycles. The molecule has 3 atom stereocenters. The quantitative estimate of drug-likeness (QED) is 0.795. The van der Waals surface area contributed by atoms with Crippen molar-refractivity contribution in [3.8, 4) is 6.07 Å². The Balaban J connectivity index is 1.89. The molecule has 2 heteroatoms. The van der Waals surface area contributed by atoms with Gasteiger partial charge in [0.25, 0.3) is 0 Å². The normalized spacial score (nSPS) is 34.8. The summed E-state index contributed by atoms with van der Waals surface area (Å²) in [5.74, 6) is 1.46. The van der Waals surface area contributed by atoms with Crippen molar-refractivity contribution in [1.29, 1.82) is 5.26 Å². The Hall–Kier alpha value is -0.810. The van der Waals surface area contributed by atoms with E-state index in [1.807, 2.05) is 6.07 Å². The van der Waals surface area contributed by atoms with Gasteiger partial charge in [0.15, 0.2) is 0 Å². The maximum Gasteiger partial charge on any atom is 0.0696 e. The van der Waals surface area contributed by atoms with Crippen LogP contribution in [0.15, 0.2) is 28.7 Å². The van der Waals surface area contributed by atoms with E-state index in [0.717, 1.165) is 23.2 Å². The fourth-order valence-corrected chi connectivity index (χ4v) is 4.24. The Kier molecular flexibility index (Phi) is 2.75. The van der Waals surface area contributed by atoms with E-state index in [1.165, 1.54) is 24.8 Å². The van der Waals surface area contributed by atoms with Crippen molar-refractivity contribution in [2.24, 2.45) is 17.3 Å². The minimum atomic E-state index is -0.0766. The zero-order chi connectivity index (χ0) is 11.9. The first kappa shape index (κ1) is 11.3. The number of hydrogen-bond acceptors (Lipinski definition) is 1. The third kappa shape index (κ3) is 1.81. The second-order valence-corrected chi connectivity index (χ2v) is 6.47. The van der Waals surface area contributed by atoms with Gasteiger partial charge in [-0.15, -0.1) is 0 Å².